The number of likely N-dealkylation sites (tertiary alicyclic amines) is 1. The summed E-state index contributed by atoms with van der Waals surface area (Å²) in [4.78, 5) is 28.7. The molecule has 2 atom stereocenters. The highest BCUT2D eigenvalue weighted by atomic mass is 16.7. The normalized spacial score (nSPS) is 19.2. The van der Waals surface area contributed by atoms with Crippen LogP contribution in [-0.4, -0.2) is 56.4 Å². The first-order valence-corrected chi connectivity index (χ1v) is 7.71. The van der Waals surface area contributed by atoms with Crippen molar-refractivity contribution in [3.63, 3.8) is 0 Å². The largest absolute Gasteiger partial charge is 0.468 e. The lowest BCUT2D eigenvalue weighted by Gasteiger charge is -2.22. The van der Waals surface area contributed by atoms with Crippen molar-refractivity contribution in [2.75, 3.05) is 27.6 Å². The molecule has 0 spiro atoms. The maximum absolute atomic E-state index is 12.6. The van der Waals surface area contributed by atoms with Crippen LogP contribution in [0.3, 0.4) is 0 Å². The number of ether oxygens (including phenoxy) is 3. The predicted molar refractivity (Wildman–Crippen MR) is 87.7 cm³/mol. The first-order valence-electron chi connectivity index (χ1n) is 7.71. The fraction of sp³-hybridized carbons (Fsp3) is 0.500. The van der Waals surface area contributed by atoms with E-state index >= 15 is 0 Å². The molecule has 25 heavy (non-hydrogen) atoms. The molecule has 1 amide bonds. The standard InChI is InChI=1S/C16H20N4O5/c1-23-10-25-13-5-3-11(4-6-13)7-15(21)20-9-12(18-19-17)8-14(20)16(22)24-2/h3-6,12,14H,7-10H2,1-2H3/t12-,14-/m0/s1. The van der Waals surface area contributed by atoms with Crippen LogP contribution in [0.4, 0.5) is 0 Å². The fourth-order valence-corrected chi connectivity index (χ4v) is 2.71. The minimum absolute atomic E-state index is 0.126. The number of azide groups is 1. The van der Waals surface area contributed by atoms with Gasteiger partial charge < -0.3 is 19.1 Å². The van der Waals surface area contributed by atoms with Crippen LogP contribution < -0.4 is 4.74 Å². The second-order valence-electron chi connectivity index (χ2n) is 5.55. The van der Waals surface area contributed by atoms with Gasteiger partial charge in [-0.2, -0.15) is 0 Å². The Labute approximate surface area is 145 Å². The van der Waals surface area contributed by atoms with Gasteiger partial charge >= 0.3 is 5.97 Å². The molecule has 0 saturated carbocycles. The molecule has 1 fully saturated rings. The lowest BCUT2D eigenvalue weighted by atomic mass is 10.1. The summed E-state index contributed by atoms with van der Waals surface area (Å²) in [5.41, 5.74) is 9.36. The zero-order valence-electron chi connectivity index (χ0n) is 14.1. The lowest BCUT2D eigenvalue weighted by molar-refractivity contribution is -0.150. The molecule has 134 valence electrons. The van der Waals surface area contributed by atoms with Crippen LogP contribution in [0.25, 0.3) is 10.4 Å². The monoisotopic (exact) mass is 348 g/mol. The number of methoxy groups -OCH3 is 2. The highest BCUT2D eigenvalue weighted by molar-refractivity contribution is 5.86. The smallest absolute Gasteiger partial charge is 0.328 e. The molecule has 0 N–H and O–H groups in total. The van der Waals surface area contributed by atoms with Crippen LogP contribution in [-0.2, 0) is 25.5 Å². The minimum Gasteiger partial charge on any atom is -0.468 e. The van der Waals surface area contributed by atoms with E-state index in [1.54, 1.807) is 24.3 Å². The van der Waals surface area contributed by atoms with Gasteiger partial charge in [0.15, 0.2) is 6.79 Å². The summed E-state index contributed by atoms with van der Waals surface area (Å²) in [5, 5.41) is 3.62. The molecule has 1 aromatic rings. The van der Waals surface area contributed by atoms with E-state index in [0.717, 1.165) is 5.56 Å². The van der Waals surface area contributed by atoms with E-state index in [2.05, 4.69) is 10.0 Å². The number of benzene rings is 1. The van der Waals surface area contributed by atoms with Crippen LogP contribution in [0, 0.1) is 0 Å². The molecule has 9 heteroatoms. The van der Waals surface area contributed by atoms with E-state index in [-0.39, 0.29) is 32.1 Å². The van der Waals surface area contributed by atoms with Crippen molar-refractivity contribution in [3.8, 4) is 5.75 Å². The summed E-state index contributed by atoms with van der Waals surface area (Å²) in [6, 6.07) is 5.88. The quantitative estimate of drug-likeness (QED) is 0.244. The average molecular weight is 348 g/mol. The molecule has 2 rings (SSSR count). The predicted octanol–water partition coefficient (Wildman–Crippen LogP) is 1.66. The molecule has 1 heterocycles. The first kappa shape index (κ1) is 18.6. The zero-order chi connectivity index (χ0) is 18.2. The minimum atomic E-state index is -0.725. The van der Waals surface area contributed by atoms with Gasteiger partial charge in [0.05, 0.1) is 19.6 Å². The van der Waals surface area contributed by atoms with Gasteiger partial charge in [-0.1, -0.05) is 17.2 Å². The molecule has 0 radical (unpaired) electrons. The topological polar surface area (TPSA) is 114 Å². The van der Waals surface area contributed by atoms with Crippen molar-refractivity contribution < 1.29 is 23.8 Å². The van der Waals surface area contributed by atoms with E-state index in [9.17, 15) is 9.59 Å². The van der Waals surface area contributed by atoms with Crippen molar-refractivity contribution in [3.05, 3.63) is 40.3 Å². The van der Waals surface area contributed by atoms with Gasteiger partial charge in [-0.3, -0.25) is 4.79 Å². The summed E-state index contributed by atoms with van der Waals surface area (Å²) in [5.74, 6) is -0.0982. The average Bonchev–Trinajstić information content (AvgIpc) is 3.05. The zero-order valence-corrected chi connectivity index (χ0v) is 14.1. The Hall–Kier alpha value is -2.77. The number of hydrogen-bond donors (Lipinski definition) is 0. The van der Waals surface area contributed by atoms with Crippen LogP contribution in [0.2, 0.25) is 0 Å². The molecule has 0 aliphatic carbocycles. The van der Waals surface area contributed by atoms with Gasteiger partial charge in [-0.25, -0.2) is 4.79 Å². The maximum Gasteiger partial charge on any atom is 0.328 e. The molecule has 1 aliphatic rings. The van der Waals surface area contributed by atoms with E-state index in [0.29, 0.717) is 5.75 Å². The Bertz CT molecular complexity index is 657. The number of esters is 1. The van der Waals surface area contributed by atoms with Gasteiger partial charge in [0.25, 0.3) is 0 Å². The highest BCUT2D eigenvalue weighted by Gasteiger charge is 2.39. The molecule has 9 nitrogen and oxygen atoms in total. The van der Waals surface area contributed by atoms with E-state index in [1.807, 2.05) is 0 Å². The van der Waals surface area contributed by atoms with E-state index < -0.39 is 18.1 Å². The van der Waals surface area contributed by atoms with Crippen molar-refractivity contribution in [1.29, 1.82) is 0 Å². The molecule has 1 aliphatic heterocycles. The summed E-state index contributed by atoms with van der Waals surface area (Å²) < 4.78 is 14.9. The molecule has 0 aromatic heterocycles. The molecule has 0 bridgehead atoms. The number of hydrogen-bond acceptors (Lipinski definition) is 6. The highest BCUT2D eigenvalue weighted by Crippen LogP contribution is 2.23. The van der Waals surface area contributed by atoms with Gasteiger partial charge in [0.1, 0.15) is 11.8 Å². The molecular weight excluding hydrogens is 328 g/mol. The summed E-state index contributed by atoms with van der Waals surface area (Å²) in [6.45, 7) is 0.353. The van der Waals surface area contributed by atoms with Crippen LogP contribution >= 0.6 is 0 Å². The number of carbonyl (C=O) groups is 2. The van der Waals surface area contributed by atoms with Crippen LogP contribution in [0.1, 0.15) is 12.0 Å². The Balaban J connectivity index is 2.04. The van der Waals surface area contributed by atoms with E-state index in [4.69, 9.17) is 19.7 Å². The van der Waals surface area contributed by atoms with Crippen molar-refractivity contribution >= 4 is 11.9 Å². The number of rotatable bonds is 7. The summed E-state index contributed by atoms with van der Waals surface area (Å²) in [7, 11) is 2.80. The molecule has 1 aromatic carbocycles. The van der Waals surface area contributed by atoms with Gasteiger partial charge in [-0.05, 0) is 29.6 Å². The Morgan fingerprint density at radius 1 is 1.32 bits per heavy atom. The number of carbonyl (C=O) groups excluding carboxylic acids is 2. The molecular formula is C16H20N4O5. The van der Waals surface area contributed by atoms with Crippen molar-refractivity contribution in [2.24, 2.45) is 5.11 Å². The molecule has 1 saturated heterocycles. The number of nitrogens with zero attached hydrogens (tertiary/aromatic N) is 4. The fourth-order valence-electron chi connectivity index (χ4n) is 2.71. The Kier molecular flexibility index (Phi) is 6.62. The van der Waals surface area contributed by atoms with Gasteiger partial charge in [-0.15, -0.1) is 0 Å². The summed E-state index contributed by atoms with van der Waals surface area (Å²) in [6.07, 6.45) is 0.396. The second kappa shape index (κ2) is 8.91. The molecule has 0 unspecified atom stereocenters. The Morgan fingerprint density at radius 2 is 2.04 bits per heavy atom. The van der Waals surface area contributed by atoms with Crippen LogP contribution in [0.5, 0.6) is 5.75 Å². The second-order valence-corrected chi connectivity index (χ2v) is 5.55. The number of amides is 1. The SMILES string of the molecule is COCOc1ccc(CC(=O)N2C[C@@H](N=[N+]=[N-])C[C@H]2C(=O)OC)cc1. The Morgan fingerprint density at radius 3 is 2.64 bits per heavy atom. The third kappa shape index (κ3) is 4.85. The third-order valence-electron chi connectivity index (χ3n) is 3.91. The first-order chi connectivity index (χ1) is 12.1. The lowest BCUT2D eigenvalue weighted by Crippen LogP contribution is -2.42. The third-order valence-corrected chi connectivity index (χ3v) is 3.91. The van der Waals surface area contributed by atoms with Crippen molar-refractivity contribution in [1.82, 2.24) is 4.90 Å². The van der Waals surface area contributed by atoms with Gasteiger partial charge in [0, 0.05) is 18.6 Å². The van der Waals surface area contributed by atoms with Gasteiger partial charge in [0.2, 0.25) is 5.91 Å². The maximum atomic E-state index is 12.6. The van der Waals surface area contributed by atoms with Crippen molar-refractivity contribution in [2.45, 2.75) is 24.9 Å². The van der Waals surface area contributed by atoms with Crippen LogP contribution in [0.15, 0.2) is 29.4 Å². The summed E-state index contributed by atoms with van der Waals surface area (Å²) >= 11 is 0. The van der Waals surface area contributed by atoms with E-state index in [1.165, 1.54) is 19.1 Å².